The third kappa shape index (κ3) is 2.93. The summed E-state index contributed by atoms with van der Waals surface area (Å²) in [4.78, 5) is 22.2. The summed E-state index contributed by atoms with van der Waals surface area (Å²) in [5, 5.41) is 3.32. The Labute approximate surface area is 136 Å². The molecular formula is C17H10ClFN2O2. The van der Waals surface area contributed by atoms with Crippen molar-refractivity contribution in [3.8, 4) is 0 Å². The van der Waals surface area contributed by atoms with Crippen LogP contribution in [-0.2, 0) is 11.2 Å². The molecular weight excluding hydrogens is 319 g/mol. The topological polar surface area (TPSA) is 58.5 Å². The maximum absolute atomic E-state index is 13.5. The van der Waals surface area contributed by atoms with E-state index >= 15 is 0 Å². The number of fused-ring (bicyclic) bond motifs is 1. The molecule has 0 saturated heterocycles. The van der Waals surface area contributed by atoms with Crippen LogP contribution in [0.3, 0.4) is 0 Å². The third-order valence-corrected chi connectivity index (χ3v) is 3.73. The zero-order valence-corrected chi connectivity index (χ0v) is 12.5. The van der Waals surface area contributed by atoms with E-state index in [0.717, 1.165) is 5.56 Å². The number of rotatable bonds is 3. The van der Waals surface area contributed by atoms with Crippen LogP contribution in [0.4, 0.5) is 4.39 Å². The maximum atomic E-state index is 13.5. The molecule has 6 heteroatoms. The van der Waals surface area contributed by atoms with E-state index in [1.54, 1.807) is 12.1 Å². The summed E-state index contributed by atoms with van der Waals surface area (Å²) in [6, 6.07) is 11.4. The number of nitrogens with zero attached hydrogens (tertiary/aromatic N) is 1. The number of hydrogen-bond acceptors (Lipinski definition) is 4. The highest BCUT2D eigenvalue weighted by Gasteiger charge is 2.19. The molecule has 0 aromatic heterocycles. The molecule has 0 fully saturated rings. The molecule has 0 amide bonds. The molecule has 2 aromatic rings. The van der Waals surface area contributed by atoms with Crippen LogP contribution < -0.4 is 5.43 Å². The van der Waals surface area contributed by atoms with Gasteiger partial charge in [-0.05, 0) is 29.3 Å². The molecule has 4 nitrogen and oxygen atoms in total. The molecule has 1 heterocycles. The Morgan fingerprint density at radius 2 is 1.96 bits per heavy atom. The lowest BCUT2D eigenvalue weighted by atomic mass is 9.95. The maximum Gasteiger partial charge on any atom is 0.255 e. The summed E-state index contributed by atoms with van der Waals surface area (Å²) < 4.78 is 13.5. The predicted octanol–water partition coefficient (Wildman–Crippen LogP) is 2.93. The lowest BCUT2D eigenvalue weighted by Gasteiger charge is -2.18. The second kappa shape index (κ2) is 6.16. The minimum absolute atomic E-state index is 0.171. The van der Waals surface area contributed by atoms with E-state index < -0.39 is 11.1 Å². The van der Waals surface area contributed by atoms with Gasteiger partial charge >= 0.3 is 0 Å². The van der Waals surface area contributed by atoms with Gasteiger partial charge in [0.15, 0.2) is 5.94 Å². The van der Waals surface area contributed by atoms with Gasteiger partial charge in [0.25, 0.3) is 5.24 Å². The smallest absolute Gasteiger partial charge is 0.255 e. The Balaban J connectivity index is 1.99. The van der Waals surface area contributed by atoms with Crippen molar-refractivity contribution in [3.05, 3.63) is 70.5 Å². The van der Waals surface area contributed by atoms with Crippen molar-refractivity contribution in [1.82, 2.24) is 5.43 Å². The summed E-state index contributed by atoms with van der Waals surface area (Å²) in [6.07, 6.45) is 0.355. The fourth-order valence-electron chi connectivity index (χ4n) is 2.44. The van der Waals surface area contributed by atoms with Gasteiger partial charge in [0.1, 0.15) is 11.5 Å². The lowest BCUT2D eigenvalue weighted by Crippen LogP contribution is -2.21. The quantitative estimate of drug-likeness (QED) is 0.696. The summed E-state index contributed by atoms with van der Waals surface area (Å²) >= 11 is 5.37. The SMILES string of the molecule is O=C=C1NN=C(Cc2ccc(F)c(C(=O)Cl)c2)c2ccccc21. The minimum Gasteiger partial charge on any atom is -0.275 e. The predicted molar refractivity (Wildman–Crippen MR) is 85.5 cm³/mol. The summed E-state index contributed by atoms with van der Waals surface area (Å²) in [7, 11) is 0. The average molecular weight is 329 g/mol. The van der Waals surface area contributed by atoms with Crippen molar-refractivity contribution in [3.63, 3.8) is 0 Å². The molecule has 23 heavy (non-hydrogen) atoms. The Kier molecular flexibility index (Phi) is 4.06. The normalized spacial score (nSPS) is 12.8. The Hall–Kier alpha value is -2.75. The second-order valence-corrected chi connectivity index (χ2v) is 5.30. The van der Waals surface area contributed by atoms with Crippen molar-refractivity contribution >= 4 is 34.2 Å². The first-order valence-corrected chi connectivity index (χ1v) is 7.13. The number of hydrazone groups is 1. The van der Waals surface area contributed by atoms with Crippen LogP contribution in [0.5, 0.6) is 0 Å². The monoisotopic (exact) mass is 328 g/mol. The molecule has 0 radical (unpaired) electrons. The summed E-state index contributed by atoms with van der Waals surface area (Å²) in [5.74, 6) is 1.15. The van der Waals surface area contributed by atoms with Crippen molar-refractivity contribution < 1.29 is 14.0 Å². The van der Waals surface area contributed by atoms with Crippen LogP contribution in [0.2, 0.25) is 0 Å². The fourth-order valence-corrected chi connectivity index (χ4v) is 2.58. The first-order chi connectivity index (χ1) is 11.1. The van der Waals surface area contributed by atoms with Crippen LogP contribution in [0.15, 0.2) is 47.6 Å². The highest BCUT2D eigenvalue weighted by molar-refractivity contribution is 6.67. The van der Waals surface area contributed by atoms with Gasteiger partial charge in [0.05, 0.1) is 11.3 Å². The van der Waals surface area contributed by atoms with Gasteiger partial charge in [0.2, 0.25) is 0 Å². The van der Waals surface area contributed by atoms with Crippen molar-refractivity contribution in [2.24, 2.45) is 5.10 Å². The molecule has 3 rings (SSSR count). The summed E-state index contributed by atoms with van der Waals surface area (Å²) in [5.41, 5.74) is 5.58. The van der Waals surface area contributed by atoms with Crippen LogP contribution >= 0.6 is 11.6 Å². The number of nitrogens with one attached hydrogen (secondary N) is 1. The Morgan fingerprint density at radius 1 is 1.22 bits per heavy atom. The number of carbonyl (C=O) groups excluding carboxylic acids is 2. The van der Waals surface area contributed by atoms with E-state index in [9.17, 15) is 14.0 Å². The van der Waals surface area contributed by atoms with Crippen molar-refractivity contribution in [1.29, 1.82) is 0 Å². The zero-order chi connectivity index (χ0) is 16.4. The van der Waals surface area contributed by atoms with E-state index in [1.807, 2.05) is 24.1 Å². The Bertz CT molecular complexity index is 886. The molecule has 0 saturated carbocycles. The third-order valence-electron chi connectivity index (χ3n) is 3.53. The van der Waals surface area contributed by atoms with Crippen molar-refractivity contribution in [2.75, 3.05) is 0 Å². The molecule has 0 bridgehead atoms. The number of benzene rings is 2. The molecule has 1 aliphatic heterocycles. The van der Waals surface area contributed by atoms with Gasteiger partial charge in [-0.15, -0.1) is 0 Å². The van der Waals surface area contributed by atoms with Gasteiger partial charge in [-0.25, -0.2) is 9.18 Å². The molecule has 114 valence electrons. The molecule has 0 unspecified atom stereocenters. The highest BCUT2D eigenvalue weighted by atomic mass is 35.5. The van der Waals surface area contributed by atoms with Gasteiger partial charge < -0.3 is 0 Å². The number of carbonyl (C=O) groups is 1. The first kappa shape index (κ1) is 15.2. The van der Waals surface area contributed by atoms with E-state index in [0.29, 0.717) is 23.3 Å². The average Bonchev–Trinajstić information content (AvgIpc) is 2.56. The molecule has 2 aromatic carbocycles. The zero-order valence-electron chi connectivity index (χ0n) is 11.8. The fraction of sp³-hybridized carbons (Fsp3) is 0.0588. The van der Waals surface area contributed by atoms with Gasteiger partial charge in [0, 0.05) is 17.5 Å². The largest absolute Gasteiger partial charge is 0.275 e. The molecule has 0 atom stereocenters. The second-order valence-electron chi connectivity index (χ2n) is 4.96. The first-order valence-electron chi connectivity index (χ1n) is 6.76. The minimum atomic E-state index is -0.848. The standard InChI is InChI=1S/C17H10ClFN2O2/c18-17(23)13-7-10(5-6-14(13)19)8-15-11-3-1-2-4-12(11)16(9-22)21-20-15/h1-7,21H,8H2. The van der Waals surface area contributed by atoms with Gasteiger partial charge in [-0.2, -0.15) is 5.10 Å². The number of hydrogen-bond donors (Lipinski definition) is 1. The van der Waals surface area contributed by atoms with Gasteiger partial charge in [-0.1, -0.05) is 30.3 Å². The van der Waals surface area contributed by atoms with Crippen LogP contribution in [0.1, 0.15) is 27.0 Å². The molecule has 0 spiro atoms. The van der Waals surface area contributed by atoms with E-state index in [-0.39, 0.29) is 11.3 Å². The number of halogens is 2. The van der Waals surface area contributed by atoms with E-state index in [4.69, 9.17) is 11.6 Å². The van der Waals surface area contributed by atoms with Crippen molar-refractivity contribution in [2.45, 2.75) is 6.42 Å². The van der Waals surface area contributed by atoms with Crippen LogP contribution in [0, 0.1) is 5.82 Å². The van der Waals surface area contributed by atoms with Crippen LogP contribution in [-0.4, -0.2) is 16.9 Å². The van der Waals surface area contributed by atoms with E-state index in [1.165, 1.54) is 12.1 Å². The molecule has 0 aliphatic carbocycles. The Morgan fingerprint density at radius 3 is 2.65 bits per heavy atom. The van der Waals surface area contributed by atoms with E-state index in [2.05, 4.69) is 10.5 Å². The lowest BCUT2D eigenvalue weighted by molar-refractivity contribution is 0.107. The summed E-state index contributed by atoms with van der Waals surface area (Å²) in [6.45, 7) is 0. The van der Waals surface area contributed by atoms with Gasteiger partial charge in [-0.3, -0.25) is 10.2 Å². The molecule has 1 N–H and O–H groups in total. The van der Waals surface area contributed by atoms with Crippen LogP contribution in [0.25, 0.3) is 5.70 Å². The highest BCUT2D eigenvalue weighted by Crippen LogP contribution is 2.22. The molecule has 1 aliphatic rings.